The molecule has 2 heterocycles. The summed E-state index contributed by atoms with van der Waals surface area (Å²) in [6.07, 6.45) is 0. The number of halogens is 1. The predicted octanol–water partition coefficient (Wildman–Crippen LogP) is 4.96. The molecule has 1 amide bonds. The zero-order valence-electron chi connectivity index (χ0n) is 20.4. The lowest BCUT2D eigenvalue weighted by atomic mass is 10.1. The van der Waals surface area contributed by atoms with Gasteiger partial charge in [0.05, 0.1) is 11.1 Å². The van der Waals surface area contributed by atoms with E-state index >= 15 is 0 Å². The first-order valence-electron chi connectivity index (χ1n) is 12.1. The van der Waals surface area contributed by atoms with E-state index in [9.17, 15) is 19.1 Å². The predicted molar refractivity (Wildman–Crippen MR) is 142 cm³/mol. The first kappa shape index (κ1) is 24.4. The minimum Gasteiger partial charge on any atom is -0.478 e. The number of aromatic nitrogens is 1. The van der Waals surface area contributed by atoms with Gasteiger partial charge in [0, 0.05) is 54.9 Å². The molecular weight excluding hydrogens is 471 g/mol. The molecular formula is C29H27FN4O3. The lowest BCUT2D eigenvalue weighted by Crippen LogP contribution is -2.46. The molecule has 3 aromatic carbocycles. The second kappa shape index (κ2) is 10.4. The fourth-order valence-electron chi connectivity index (χ4n) is 4.54. The van der Waals surface area contributed by atoms with Crippen LogP contribution < -0.4 is 10.2 Å². The quantitative estimate of drug-likeness (QED) is 0.391. The van der Waals surface area contributed by atoms with Crippen molar-refractivity contribution in [3.63, 3.8) is 0 Å². The summed E-state index contributed by atoms with van der Waals surface area (Å²) in [5.74, 6) is -0.948. The van der Waals surface area contributed by atoms with E-state index in [0.717, 1.165) is 5.56 Å². The maximum absolute atomic E-state index is 14.0. The normalized spacial score (nSPS) is 14.1. The van der Waals surface area contributed by atoms with Gasteiger partial charge in [-0.1, -0.05) is 35.9 Å². The maximum atomic E-state index is 14.0. The Labute approximate surface area is 214 Å². The summed E-state index contributed by atoms with van der Waals surface area (Å²) < 4.78 is 14.0. The van der Waals surface area contributed by atoms with E-state index in [1.807, 2.05) is 25.1 Å². The van der Waals surface area contributed by atoms with Crippen LogP contribution in [0.2, 0.25) is 0 Å². The number of benzene rings is 3. The van der Waals surface area contributed by atoms with Crippen LogP contribution >= 0.6 is 0 Å². The van der Waals surface area contributed by atoms with Crippen LogP contribution in [0.3, 0.4) is 0 Å². The Kier molecular flexibility index (Phi) is 6.83. The van der Waals surface area contributed by atoms with E-state index in [4.69, 9.17) is 4.98 Å². The number of amides is 1. The number of carboxylic acid groups (broad SMARTS) is 1. The highest BCUT2D eigenvalue weighted by Crippen LogP contribution is 2.27. The second-order valence-corrected chi connectivity index (χ2v) is 9.24. The molecule has 37 heavy (non-hydrogen) atoms. The van der Waals surface area contributed by atoms with Crippen molar-refractivity contribution in [3.05, 3.63) is 101 Å². The third-order valence-electron chi connectivity index (χ3n) is 6.65. The van der Waals surface area contributed by atoms with E-state index in [1.165, 1.54) is 6.07 Å². The highest BCUT2D eigenvalue weighted by Gasteiger charge is 2.22. The number of hydrogen-bond donors (Lipinski definition) is 2. The number of aromatic carboxylic acids is 1. The van der Waals surface area contributed by atoms with Gasteiger partial charge >= 0.3 is 5.97 Å². The molecule has 5 rings (SSSR count). The molecule has 1 aliphatic rings. The summed E-state index contributed by atoms with van der Waals surface area (Å²) in [6.45, 7) is 5.20. The minimum atomic E-state index is -1.06. The number of aryl methyl sites for hydroxylation is 1. The number of anilines is 2. The highest BCUT2D eigenvalue weighted by atomic mass is 19.1. The van der Waals surface area contributed by atoms with Gasteiger partial charge in [-0.05, 0) is 49.4 Å². The SMILES string of the molecule is Cc1ccc(C(=O)Nc2ccc3nc(N4CCN(Cc5ccccc5F)CC4)cc(C(=O)O)c3c2)cc1. The number of pyridine rings is 1. The van der Waals surface area contributed by atoms with E-state index < -0.39 is 5.97 Å². The van der Waals surface area contributed by atoms with Crippen LogP contribution in [0.5, 0.6) is 0 Å². The van der Waals surface area contributed by atoms with Crippen LogP contribution in [0.15, 0.2) is 72.8 Å². The smallest absolute Gasteiger partial charge is 0.336 e. The number of carbonyl (C=O) groups is 2. The molecule has 8 heteroatoms. The summed E-state index contributed by atoms with van der Waals surface area (Å²) in [4.78, 5) is 33.7. The van der Waals surface area contributed by atoms with Gasteiger partial charge < -0.3 is 15.3 Å². The maximum Gasteiger partial charge on any atom is 0.336 e. The van der Waals surface area contributed by atoms with Crippen LogP contribution in [0.25, 0.3) is 10.9 Å². The Bertz CT molecular complexity index is 1460. The van der Waals surface area contributed by atoms with Crippen molar-refractivity contribution in [2.75, 3.05) is 36.4 Å². The zero-order chi connectivity index (χ0) is 25.9. The molecule has 0 saturated carbocycles. The average molecular weight is 499 g/mol. The number of piperazine rings is 1. The van der Waals surface area contributed by atoms with Crippen molar-refractivity contribution in [2.45, 2.75) is 13.5 Å². The third kappa shape index (κ3) is 5.44. The van der Waals surface area contributed by atoms with E-state index in [2.05, 4.69) is 15.1 Å². The molecule has 0 aliphatic carbocycles. The van der Waals surface area contributed by atoms with Crippen LogP contribution in [0.1, 0.15) is 31.8 Å². The summed E-state index contributed by atoms with van der Waals surface area (Å²) in [7, 11) is 0. The van der Waals surface area contributed by atoms with Crippen molar-refractivity contribution in [1.82, 2.24) is 9.88 Å². The number of nitrogens with zero attached hydrogens (tertiary/aromatic N) is 3. The van der Waals surface area contributed by atoms with Gasteiger partial charge in [-0.3, -0.25) is 9.69 Å². The number of carbonyl (C=O) groups excluding carboxylic acids is 1. The zero-order valence-corrected chi connectivity index (χ0v) is 20.4. The van der Waals surface area contributed by atoms with Gasteiger partial charge in [0.2, 0.25) is 0 Å². The molecule has 1 saturated heterocycles. The number of fused-ring (bicyclic) bond motifs is 1. The molecule has 0 spiro atoms. The Balaban J connectivity index is 1.33. The molecule has 7 nitrogen and oxygen atoms in total. The Hall–Kier alpha value is -4.30. The summed E-state index contributed by atoms with van der Waals surface area (Å²) in [6, 6.07) is 20.7. The highest BCUT2D eigenvalue weighted by molar-refractivity contribution is 6.08. The molecule has 1 aromatic heterocycles. The van der Waals surface area contributed by atoms with Gasteiger partial charge in [0.25, 0.3) is 5.91 Å². The van der Waals surface area contributed by atoms with Gasteiger partial charge in [-0.2, -0.15) is 0 Å². The average Bonchev–Trinajstić information content (AvgIpc) is 2.90. The standard InChI is InChI=1S/C29H27FN4O3/c1-19-6-8-20(9-7-19)28(35)31-22-10-11-26-23(16-22)24(29(36)37)17-27(32-26)34-14-12-33(13-15-34)18-21-4-2-3-5-25(21)30/h2-11,16-17H,12-15,18H2,1H3,(H,31,35)(H,36,37). The molecule has 1 aliphatic heterocycles. The van der Waals surface area contributed by atoms with Crippen LogP contribution in [0, 0.1) is 12.7 Å². The summed E-state index contributed by atoms with van der Waals surface area (Å²) in [5.41, 5.74) is 3.40. The van der Waals surface area contributed by atoms with Gasteiger partial charge in [0.1, 0.15) is 11.6 Å². The largest absolute Gasteiger partial charge is 0.478 e. The van der Waals surface area contributed by atoms with Crippen molar-refractivity contribution >= 4 is 34.3 Å². The number of carboxylic acids is 1. The fourth-order valence-corrected chi connectivity index (χ4v) is 4.54. The summed E-state index contributed by atoms with van der Waals surface area (Å²) in [5, 5.41) is 13.2. The van der Waals surface area contributed by atoms with Crippen molar-refractivity contribution in [2.24, 2.45) is 0 Å². The van der Waals surface area contributed by atoms with E-state index in [-0.39, 0.29) is 17.3 Å². The van der Waals surface area contributed by atoms with Crippen molar-refractivity contribution in [3.8, 4) is 0 Å². The molecule has 0 unspecified atom stereocenters. The Morgan fingerprint density at radius 1 is 0.973 bits per heavy atom. The lowest BCUT2D eigenvalue weighted by Gasteiger charge is -2.35. The van der Waals surface area contributed by atoms with Crippen molar-refractivity contribution in [1.29, 1.82) is 0 Å². The molecule has 2 N–H and O–H groups in total. The topological polar surface area (TPSA) is 85.8 Å². The van der Waals surface area contributed by atoms with Gasteiger partial charge in [-0.25, -0.2) is 14.2 Å². The number of rotatable bonds is 6. The number of hydrogen-bond acceptors (Lipinski definition) is 5. The lowest BCUT2D eigenvalue weighted by molar-refractivity contribution is 0.0698. The van der Waals surface area contributed by atoms with Gasteiger partial charge in [0.15, 0.2) is 0 Å². The first-order chi connectivity index (χ1) is 17.9. The fraction of sp³-hybridized carbons (Fsp3) is 0.207. The van der Waals surface area contributed by atoms with Crippen LogP contribution in [-0.4, -0.2) is 53.0 Å². The molecule has 0 radical (unpaired) electrons. The first-order valence-corrected chi connectivity index (χ1v) is 12.1. The van der Waals surface area contributed by atoms with E-state index in [0.29, 0.717) is 66.3 Å². The molecule has 1 fully saturated rings. The van der Waals surface area contributed by atoms with E-state index in [1.54, 1.807) is 48.5 Å². The molecule has 4 aromatic rings. The minimum absolute atomic E-state index is 0.125. The van der Waals surface area contributed by atoms with Gasteiger partial charge in [-0.15, -0.1) is 0 Å². The molecule has 0 atom stereocenters. The third-order valence-corrected chi connectivity index (χ3v) is 6.65. The Morgan fingerprint density at radius 3 is 2.41 bits per heavy atom. The van der Waals surface area contributed by atoms with Crippen molar-refractivity contribution < 1.29 is 19.1 Å². The van der Waals surface area contributed by atoms with Crippen LogP contribution in [-0.2, 0) is 6.54 Å². The Morgan fingerprint density at radius 2 is 1.70 bits per heavy atom. The second-order valence-electron chi connectivity index (χ2n) is 9.24. The van der Waals surface area contributed by atoms with Crippen LogP contribution in [0.4, 0.5) is 15.9 Å². The molecule has 0 bridgehead atoms. The summed E-state index contributed by atoms with van der Waals surface area (Å²) >= 11 is 0. The molecule has 188 valence electrons. The monoisotopic (exact) mass is 498 g/mol. The number of nitrogens with one attached hydrogen (secondary N) is 1.